The Balaban J connectivity index is 1.69. The number of hydrogen-bond acceptors (Lipinski definition) is 3. The van der Waals surface area contributed by atoms with E-state index < -0.39 is 0 Å². The van der Waals surface area contributed by atoms with Crippen LogP contribution in [-0.4, -0.2) is 6.79 Å². The molecule has 0 amide bonds. The molecule has 5 heteroatoms. The van der Waals surface area contributed by atoms with Crippen molar-refractivity contribution in [2.75, 3.05) is 6.79 Å². The van der Waals surface area contributed by atoms with E-state index in [1.807, 2.05) is 30.3 Å². The first kappa shape index (κ1) is 14.7. The molecule has 0 aliphatic carbocycles. The van der Waals surface area contributed by atoms with Crippen LogP contribution < -0.4 is 14.8 Å². The number of rotatable bonds is 4. The normalized spacial score (nSPS) is 14.2. The van der Waals surface area contributed by atoms with Crippen LogP contribution in [0.2, 0.25) is 5.02 Å². The molecule has 2 aromatic rings. The second-order valence-corrected chi connectivity index (χ2v) is 6.24. The van der Waals surface area contributed by atoms with E-state index in [0.29, 0.717) is 6.79 Å². The van der Waals surface area contributed by atoms with Crippen LogP contribution in [-0.2, 0) is 6.54 Å². The van der Waals surface area contributed by atoms with Crippen LogP contribution in [0.15, 0.2) is 40.9 Å². The molecule has 1 aliphatic rings. The molecule has 0 radical (unpaired) electrons. The molecule has 1 heterocycles. The van der Waals surface area contributed by atoms with Gasteiger partial charge in [0.2, 0.25) is 6.79 Å². The first-order chi connectivity index (χ1) is 10.1. The number of ether oxygens (including phenoxy) is 2. The minimum Gasteiger partial charge on any atom is -0.454 e. The maximum Gasteiger partial charge on any atom is 0.231 e. The molecule has 1 aliphatic heterocycles. The molecule has 0 aromatic heterocycles. The zero-order chi connectivity index (χ0) is 14.8. The van der Waals surface area contributed by atoms with Crippen molar-refractivity contribution < 1.29 is 9.47 Å². The van der Waals surface area contributed by atoms with Gasteiger partial charge in [0.1, 0.15) is 0 Å². The fourth-order valence-corrected chi connectivity index (χ4v) is 2.82. The second-order valence-electron chi connectivity index (χ2n) is 4.95. The van der Waals surface area contributed by atoms with Gasteiger partial charge in [-0.25, -0.2) is 0 Å². The molecular formula is C16H15BrClNO2. The van der Waals surface area contributed by atoms with Gasteiger partial charge in [-0.15, -0.1) is 0 Å². The van der Waals surface area contributed by atoms with Gasteiger partial charge in [0, 0.05) is 22.1 Å². The Hall–Kier alpha value is -1.23. The number of fused-ring (bicyclic) bond motifs is 1. The molecule has 21 heavy (non-hydrogen) atoms. The number of hydrogen-bond donors (Lipinski definition) is 1. The van der Waals surface area contributed by atoms with Crippen molar-refractivity contribution in [3.05, 3.63) is 57.0 Å². The highest BCUT2D eigenvalue weighted by atomic mass is 79.9. The van der Waals surface area contributed by atoms with Gasteiger partial charge in [-0.05, 0) is 48.4 Å². The summed E-state index contributed by atoms with van der Waals surface area (Å²) in [5.74, 6) is 1.62. The minimum absolute atomic E-state index is 0.199. The molecular weight excluding hydrogens is 354 g/mol. The Morgan fingerprint density at radius 1 is 1.19 bits per heavy atom. The van der Waals surface area contributed by atoms with Crippen LogP contribution in [0.5, 0.6) is 11.5 Å². The maximum absolute atomic E-state index is 6.03. The molecule has 0 fully saturated rings. The van der Waals surface area contributed by atoms with Gasteiger partial charge in [0.15, 0.2) is 11.5 Å². The lowest BCUT2D eigenvalue weighted by Crippen LogP contribution is -2.18. The molecule has 1 N–H and O–H groups in total. The summed E-state index contributed by atoms with van der Waals surface area (Å²) in [6.07, 6.45) is 0. The molecule has 0 spiro atoms. The SMILES string of the molecule is CC(NCc1cc(Cl)ccc1Br)c1ccc2c(c1)OCO2. The van der Waals surface area contributed by atoms with Gasteiger partial charge < -0.3 is 14.8 Å². The fraction of sp³-hybridized carbons (Fsp3) is 0.250. The van der Waals surface area contributed by atoms with E-state index in [1.165, 1.54) is 0 Å². The summed E-state index contributed by atoms with van der Waals surface area (Å²) in [5, 5.41) is 4.23. The third-order valence-corrected chi connectivity index (χ3v) is 4.51. The van der Waals surface area contributed by atoms with Crippen LogP contribution in [0.4, 0.5) is 0 Å². The lowest BCUT2D eigenvalue weighted by Gasteiger charge is -2.15. The van der Waals surface area contributed by atoms with Crippen LogP contribution >= 0.6 is 27.5 Å². The monoisotopic (exact) mass is 367 g/mol. The van der Waals surface area contributed by atoms with Gasteiger partial charge >= 0.3 is 0 Å². The molecule has 3 nitrogen and oxygen atoms in total. The lowest BCUT2D eigenvalue weighted by molar-refractivity contribution is 0.174. The molecule has 0 saturated heterocycles. The molecule has 1 unspecified atom stereocenters. The first-order valence-corrected chi connectivity index (χ1v) is 7.87. The van der Waals surface area contributed by atoms with Crippen molar-refractivity contribution in [3.63, 3.8) is 0 Å². The smallest absolute Gasteiger partial charge is 0.231 e. The average molecular weight is 369 g/mol. The highest BCUT2D eigenvalue weighted by molar-refractivity contribution is 9.10. The van der Waals surface area contributed by atoms with Crippen LogP contribution in [0.25, 0.3) is 0 Å². The van der Waals surface area contributed by atoms with Crippen LogP contribution in [0.1, 0.15) is 24.1 Å². The Kier molecular flexibility index (Phi) is 4.38. The summed E-state index contributed by atoms with van der Waals surface area (Å²) >= 11 is 9.58. The van der Waals surface area contributed by atoms with Gasteiger partial charge in [-0.3, -0.25) is 0 Å². The highest BCUT2D eigenvalue weighted by Gasteiger charge is 2.15. The van der Waals surface area contributed by atoms with Crippen molar-refractivity contribution in [2.45, 2.75) is 19.5 Å². The highest BCUT2D eigenvalue weighted by Crippen LogP contribution is 2.34. The van der Waals surface area contributed by atoms with Crippen LogP contribution in [0.3, 0.4) is 0 Å². The zero-order valence-electron chi connectivity index (χ0n) is 11.5. The third kappa shape index (κ3) is 3.34. The number of nitrogens with one attached hydrogen (secondary N) is 1. The summed E-state index contributed by atoms with van der Waals surface area (Å²) < 4.78 is 11.8. The molecule has 2 aromatic carbocycles. The summed E-state index contributed by atoms with van der Waals surface area (Å²) in [7, 11) is 0. The lowest BCUT2D eigenvalue weighted by atomic mass is 10.1. The largest absolute Gasteiger partial charge is 0.454 e. The van der Waals surface area contributed by atoms with Crippen molar-refractivity contribution in [1.82, 2.24) is 5.32 Å². The summed E-state index contributed by atoms with van der Waals surface area (Å²) in [4.78, 5) is 0. The van der Waals surface area contributed by atoms with Gasteiger partial charge in [0.05, 0.1) is 0 Å². The van der Waals surface area contributed by atoms with Crippen molar-refractivity contribution in [1.29, 1.82) is 0 Å². The van der Waals surface area contributed by atoms with Gasteiger partial charge in [0.25, 0.3) is 0 Å². The zero-order valence-corrected chi connectivity index (χ0v) is 13.9. The van der Waals surface area contributed by atoms with E-state index in [9.17, 15) is 0 Å². The predicted molar refractivity (Wildman–Crippen MR) is 87.0 cm³/mol. The fourth-order valence-electron chi connectivity index (χ4n) is 2.24. The predicted octanol–water partition coefficient (Wildman–Crippen LogP) is 4.68. The van der Waals surface area contributed by atoms with Gasteiger partial charge in [-0.1, -0.05) is 33.6 Å². The number of halogens is 2. The van der Waals surface area contributed by atoms with E-state index in [2.05, 4.69) is 34.2 Å². The Morgan fingerprint density at radius 3 is 2.86 bits per heavy atom. The molecule has 0 bridgehead atoms. The summed E-state index contributed by atoms with van der Waals surface area (Å²) in [6, 6.07) is 12.0. The third-order valence-electron chi connectivity index (χ3n) is 3.50. The first-order valence-electron chi connectivity index (χ1n) is 6.70. The topological polar surface area (TPSA) is 30.5 Å². The molecule has 0 saturated carbocycles. The van der Waals surface area contributed by atoms with Crippen LogP contribution in [0, 0.1) is 0 Å². The van der Waals surface area contributed by atoms with Crippen molar-refractivity contribution >= 4 is 27.5 Å². The number of benzene rings is 2. The summed E-state index contributed by atoms with van der Waals surface area (Å²) in [5.41, 5.74) is 2.30. The van der Waals surface area contributed by atoms with E-state index >= 15 is 0 Å². The van der Waals surface area contributed by atoms with Crippen molar-refractivity contribution in [2.24, 2.45) is 0 Å². The van der Waals surface area contributed by atoms with E-state index in [-0.39, 0.29) is 6.04 Å². The van der Waals surface area contributed by atoms with E-state index in [1.54, 1.807) is 0 Å². The Morgan fingerprint density at radius 2 is 2.00 bits per heavy atom. The van der Waals surface area contributed by atoms with Crippen molar-refractivity contribution in [3.8, 4) is 11.5 Å². The maximum atomic E-state index is 6.03. The minimum atomic E-state index is 0.199. The van der Waals surface area contributed by atoms with Gasteiger partial charge in [-0.2, -0.15) is 0 Å². The Labute approximate surface area is 137 Å². The second kappa shape index (κ2) is 6.26. The standard InChI is InChI=1S/C16H15BrClNO2/c1-10(11-2-5-15-16(7-11)21-9-20-15)19-8-12-6-13(18)3-4-14(12)17/h2-7,10,19H,8-9H2,1H3. The Bertz CT molecular complexity index is 663. The van der Waals surface area contributed by atoms with E-state index in [0.717, 1.165) is 38.7 Å². The molecule has 110 valence electrons. The quantitative estimate of drug-likeness (QED) is 0.850. The summed E-state index contributed by atoms with van der Waals surface area (Å²) in [6.45, 7) is 3.16. The molecule has 3 rings (SSSR count). The average Bonchev–Trinajstić information content (AvgIpc) is 2.95. The van der Waals surface area contributed by atoms with E-state index in [4.69, 9.17) is 21.1 Å². The molecule has 1 atom stereocenters.